The van der Waals surface area contributed by atoms with E-state index in [0.29, 0.717) is 104 Å². The molecule has 0 saturated carbocycles. The van der Waals surface area contributed by atoms with Crippen LogP contribution in [0.25, 0.3) is 33.9 Å². The Morgan fingerprint density at radius 3 is 0.975 bits per heavy atom. The SMILES string of the molecule is CCOc1nc(C)nn2c([C@@H]3O[C@H](CO)[C@@H](O)[C@H]3F)cnc12.COc1nc(C)nn2c([C@@H]3O[C@H](CO)[C@@H](O)[C@H]3F)cnc12.Cc1nc(N)c2ncc([C@@H]3O[C@H](CO)[C@@H](O)[C@H]3F)n2n1.Cc1nc(N)c2ncc([C@@H]3O[C@H](CO)[C@@H](O)[C@H]3F)n2n1.Cc1nn2c([C@@H]3O[C@H](CO)[C@@H](O)[C@H]3F)cnc2c(=O)[nH]1.Nc1ccnn2c([C@@H]3O[C@H](CO)[C@@H](O)[C@H]3F)cnc12. The van der Waals surface area contributed by atoms with E-state index >= 15 is 0 Å². The number of aromatic nitrogens is 23. The lowest BCUT2D eigenvalue weighted by Crippen LogP contribution is -2.30. The molecule has 6 fully saturated rings. The average molecular weight is 1730 g/mol. The molecule has 53 heteroatoms. The Balaban J connectivity index is 0.000000126. The largest absolute Gasteiger partial charge is 0.478 e. The van der Waals surface area contributed by atoms with Crippen molar-refractivity contribution in [1.29, 1.82) is 0 Å². The van der Waals surface area contributed by atoms with E-state index in [1.807, 2.05) is 6.92 Å². The van der Waals surface area contributed by atoms with Crippen LogP contribution in [0, 0.1) is 34.6 Å². The molecule has 0 amide bonds. The molecule has 6 aliphatic heterocycles. The summed E-state index contributed by atoms with van der Waals surface area (Å²) in [6, 6.07) is 1.58. The molecule has 18 heterocycles. The van der Waals surface area contributed by atoms with E-state index < -0.39 is 192 Å². The number of nitrogens with two attached hydrogens (primary N) is 3. The first kappa shape index (κ1) is 88.8. The van der Waals surface area contributed by atoms with Crippen molar-refractivity contribution in [2.24, 2.45) is 0 Å². The van der Waals surface area contributed by atoms with Crippen molar-refractivity contribution >= 4 is 51.2 Å². The molecule has 0 radical (unpaired) electrons. The topological polar surface area (TPSA) is 660 Å². The summed E-state index contributed by atoms with van der Waals surface area (Å²) < 4.78 is 135. The van der Waals surface area contributed by atoms with E-state index in [2.05, 4.69) is 85.4 Å². The van der Waals surface area contributed by atoms with E-state index in [-0.39, 0.29) is 28.9 Å². The van der Waals surface area contributed by atoms with Crippen molar-refractivity contribution in [2.45, 2.75) is 188 Å². The molecule has 122 heavy (non-hydrogen) atoms. The van der Waals surface area contributed by atoms with Crippen molar-refractivity contribution in [3.05, 3.63) is 123 Å². The highest BCUT2D eigenvalue weighted by Crippen LogP contribution is 2.42. The van der Waals surface area contributed by atoms with Gasteiger partial charge >= 0.3 is 0 Å². The van der Waals surface area contributed by atoms with Crippen LogP contribution in [0.15, 0.2) is 54.2 Å². The summed E-state index contributed by atoms with van der Waals surface area (Å²) in [5.41, 5.74) is 20.7. The summed E-state index contributed by atoms with van der Waals surface area (Å²) in [4.78, 5) is 54.6. The van der Waals surface area contributed by atoms with Crippen LogP contribution in [0.2, 0.25) is 0 Å². The first-order valence-electron chi connectivity index (χ1n) is 37.4. The number of nitrogens with one attached hydrogen (secondary N) is 1. The Morgan fingerprint density at radius 2 is 0.664 bits per heavy atom. The smallest absolute Gasteiger partial charge is 0.294 e. The Bertz CT molecular complexity index is 5590. The molecule has 18 rings (SSSR count). The number of aromatic amines is 1. The molecular weight excluding hydrogens is 1640 g/mol. The number of aryl methyl sites for hydroxylation is 5. The summed E-state index contributed by atoms with van der Waals surface area (Å²) in [5.74, 6) is 2.93. The predicted molar refractivity (Wildman–Crippen MR) is 398 cm³/mol. The van der Waals surface area contributed by atoms with Gasteiger partial charge in [0.1, 0.15) is 139 Å². The van der Waals surface area contributed by atoms with Crippen LogP contribution < -0.4 is 32.2 Å². The lowest BCUT2D eigenvalue weighted by atomic mass is 10.1. The van der Waals surface area contributed by atoms with Gasteiger partial charge in [0.15, 0.2) is 65.6 Å². The number of hydrogen-bond acceptors (Lipinski definition) is 40. The number of alkyl halides is 6. The van der Waals surface area contributed by atoms with Gasteiger partial charge in [-0.3, -0.25) is 4.79 Å². The van der Waals surface area contributed by atoms with Crippen molar-refractivity contribution < 1.29 is 126 Å². The Hall–Kier alpha value is -11.0. The number of fused-ring (bicyclic) bond motifs is 6. The zero-order chi connectivity index (χ0) is 87.9. The highest BCUT2D eigenvalue weighted by molar-refractivity contribution is 5.64. The molecule has 0 unspecified atom stereocenters. The molecule has 6 saturated heterocycles. The maximum Gasteiger partial charge on any atom is 0.294 e. The number of nitrogen functional groups attached to an aromatic ring is 3. The lowest BCUT2D eigenvalue weighted by molar-refractivity contribution is -0.0241. The molecule has 47 nitrogen and oxygen atoms in total. The van der Waals surface area contributed by atoms with Crippen LogP contribution in [-0.4, -0.2) is 337 Å². The maximum absolute atomic E-state index is 14.3. The average Bonchev–Trinajstić information content (AvgIpc) is 1.69. The number of nitrogens with zero attached hydrogens (tertiary/aromatic N) is 22. The van der Waals surface area contributed by atoms with Crippen molar-refractivity contribution in [1.82, 2.24) is 113 Å². The summed E-state index contributed by atoms with van der Waals surface area (Å²) in [7, 11) is 1.45. The van der Waals surface area contributed by atoms with E-state index in [4.69, 9.17) is 85.7 Å². The van der Waals surface area contributed by atoms with E-state index in [1.54, 1.807) is 40.7 Å². The van der Waals surface area contributed by atoms with Crippen molar-refractivity contribution in [2.75, 3.05) is 70.6 Å². The fourth-order valence-electron chi connectivity index (χ4n) is 14.2. The summed E-state index contributed by atoms with van der Waals surface area (Å²) >= 11 is 0. The number of aliphatic hydroxyl groups is 12. The molecular formula is C69H86F6N26O21. The second kappa shape index (κ2) is 37.0. The number of imidazole rings is 6. The predicted octanol–water partition coefficient (Wildman–Crippen LogP) is -3.87. The fraction of sp³-hybridized carbons (Fsp3) is 0.551. The highest BCUT2D eigenvalue weighted by Gasteiger charge is 2.52. The van der Waals surface area contributed by atoms with Gasteiger partial charge in [0.05, 0.1) is 137 Å². The van der Waals surface area contributed by atoms with Gasteiger partial charge in [-0.05, 0) is 47.6 Å². The van der Waals surface area contributed by atoms with E-state index in [0.717, 1.165) is 0 Å². The van der Waals surface area contributed by atoms with Gasteiger partial charge in [-0.15, -0.1) is 0 Å². The van der Waals surface area contributed by atoms with E-state index in [9.17, 15) is 61.8 Å². The number of hydrogen-bond donors (Lipinski definition) is 16. The first-order chi connectivity index (χ1) is 58.3. The third-order valence-corrected chi connectivity index (χ3v) is 20.1. The molecule has 0 spiro atoms. The minimum absolute atomic E-state index is 0.0170. The van der Waals surface area contributed by atoms with E-state index in [1.165, 1.54) is 77.6 Å². The first-order valence-corrected chi connectivity index (χ1v) is 37.4. The van der Waals surface area contributed by atoms with Gasteiger partial charge in [0, 0.05) is 0 Å². The zero-order valence-corrected chi connectivity index (χ0v) is 65.3. The quantitative estimate of drug-likeness (QED) is 0.0437. The van der Waals surface area contributed by atoms with Crippen LogP contribution in [0.1, 0.15) is 107 Å². The Morgan fingerprint density at radius 1 is 0.393 bits per heavy atom. The summed E-state index contributed by atoms with van der Waals surface area (Å²) in [5, 5.41) is 137. The van der Waals surface area contributed by atoms with Gasteiger partial charge in [0.2, 0.25) is 16.9 Å². The fourth-order valence-corrected chi connectivity index (χ4v) is 14.2. The number of H-pyrrole nitrogens is 1. The number of ether oxygens (including phenoxy) is 8. The third-order valence-electron chi connectivity index (χ3n) is 20.1. The van der Waals surface area contributed by atoms with Gasteiger partial charge in [0.25, 0.3) is 17.3 Å². The van der Waals surface area contributed by atoms with Crippen molar-refractivity contribution in [3.63, 3.8) is 0 Å². The van der Waals surface area contributed by atoms with Gasteiger partial charge < -0.3 is 121 Å². The van der Waals surface area contributed by atoms with Gasteiger partial charge in [-0.1, -0.05) is 0 Å². The number of methoxy groups -OCH3 is 1. The molecule has 12 aromatic heterocycles. The summed E-state index contributed by atoms with van der Waals surface area (Å²) in [6.45, 7) is 7.63. The molecule has 660 valence electrons. The normalized spacial score (nSPS) is 29.8. The highest BCUT2D eigenvalue weighted by atomic mass is 19.2. The minimum Gasteiger partial charge on any atom is -0.478 e. The number of anilines is 3. The van der Waals surface area contributed by atoms with Crippen LogP contribution >= 0.6 is 0 Å². The molecule has 19 N–H and O–H groups in total. The number of halogens is 6. The van der Waals surface area contributed by atoms with Crippen LogP contribution in [0.5, 0.6) is 11.8 Å². The second-order valence-corrected chi connectivity index (χ2v) is 28.3. The third kappa shape index (κ3) is 16.9. The minimum atomic E-state index is -1.73. The van der Waals surface area contributed by atoms with Crippen LogP contribution in [0.4, 0.5) is 43.7 Å². The molecule has 0 bridgehead atoms. The van der Waals surface area contributed by atoms with Crippen molar-refractivity contribution in [3.8, 4) is 11.8 Å². The van der Waals surface area contributed by atoms with Gasteiger partial charge in [-0.25, -0.2) is 93.3 Å². The lowest BCUT2D eigenvalue weighted by Gasteiger charge is -2.12. The number of rotatable bonds is 15. The monoisotopic (exact) mass is 1730 g/mol. The standard InChI is InChI=1S/C13H17FN4O4.C12H15FN4O4.2C11H14FN5O3.C11H13FN4O4.C11H13FN4O3/c1-3-21-13-12-15-4-7(18(12)17-6(2)16-13)11-9(14)10(20)8(5-19)22-11;1-5-15-12(20-2)11-14-3-6(17(11)16-5)10-8(13)9(19)7(4-18)21-10;2*1-4-15-10(13)11-14-2-5(17(11)16-4)9-7(12)8(19)6(3-18)20-9;1-4-14-11(19)10-13-2-5(16(10)15-4)9-7(12)8(18)6(3-17)20-9;12-8-9(18)7(4-17)19-10(8)6-3-14-11-5(13)1-2-15-16(6)11/h4,8-11,19-20H,3,5H2,1-2H3;3,7-10,18-19H,4H2,1-2H3;2*2,6-9,18-19H,3H2,1H3,(H2,13,15,16);2,6-9,17-18H,3H2,1H3,(H,14,15,19);1-3,7-10,17-18H,4,13H2/t8-,9-,10-,11+;7-,8-,9-,10+;3*6-,7-,8-,9+;7-,8-,9-,10+/m111111/s1. The maximum atomic E-state index is 14.3. The zero-order valence-electron chi connectivity index (χ0n) is 65.3. The van der Waals surface area contributed by atoms with Crippen LogP contribution in [-0.2, 0) is 28.4 Å². The molecule has 12 aromatic rings. The van der Waals surface area contributed by atoms with Gasteiger partial charge in [-0.2, -0.15) is 40.6 Å². The molecule has 24 atom stereocenters. The van der Waals surface area contributed by atoms with Crippen LogP contribution in [0.3, 0.4) is 0 Å². The Kier molecular flexibility index (Phi) is 26.9. The summed E-state index contributed by atoms with van der Waals surface area (Å²) in [6.07, 6.45) is -21.0. The number of aliphatic hydroxyl groups excluding tert-OH is 12. The Labute approximate surface area is 680 Å². The molecule has 6 aliphatic rings. The second-order valence-electron chi connectivity index (χ2n) is 28.3. The molecule has 0 aliphatic carbocycles. The molecule has 0 aromatic carbocycles.